The number of carbonyl (C=O) groups is 1. The molecule has 0 amide bonds. The van der Waals surface area contributed by atoms with Crippen molar-refractivity contribution in [2.75, 3.05) is 4.72 Å². The van der Waals surface area contributed by atoms with Gasteiger partial charge < -0.3 is 5.11 Å². The van der Waals surface area contributed by atoms with E-state index in [1.54, 1.807) is 19.1 Å². The number of carboxylic acid groups (broad SMARTS) is 1. The van der Waals surface area contributed by atoms with Crippen molar-refractivity contribution in [2.24, 2.45) is 0 Å². The Morgan fingerprint density at radius 1 is 1.12 bits per heavy atom. The fourth-order valence-corrected chi connectivity index (χ4v) is 4.00. The number of allylic oxidation sites excluding steroid dienone is 1. The molecular weight excluding hydrogens is 326 g/mol. The molecule has 5 nitrogen and oxygen atoms in total. The van der Waals surface area contributed by atoms with Crippen LogP contribution >= 0.6 is 0 Å². The zero-order chi connectivity index (χ0) is 17.3. The van der Waals surface area contributed by atoms with Crippen molar-refractivity contribution in [2.45, 2.75) is 19.8 Å². The van der Waals surface area contributed by atoms with Crippen LogP contribution in [0.25, 0.3) is 6.08 Å². The van der Waals surface area contributed by atoms with Gasteiger partial charge in [0.2, 0.25) is 0 Å². The second-order valence-electron chi connectivity index (χ2n) is 5.77. The van der Waals surface area contributed by atoms with E-state index in [9.17, 15) is 18.3 Å². The van der Waals surface area contributed by atoms with Gasteiger partial charge in [-0.15, -0.1) is 0 Å². The van der Waals surface area contributed by atoms with E-state index < -0.39 is 16.0 Å². The lowest BCUT2D eigenvalue weighted by atomic mass is 9.98. The molecule has 0 unspecified atom stereocenters. The second-order valence-corrected chi connectivity index (χ2v) is 7.50. The SMILES string of the molecule is Cc1ccc(NS(=O)(=O)C2=Cc3ccccc3CC2)c(C(=O)O)c1. The van der Waals surface area contributed by atoms with E-state index in [4.69, 9.17) is 0 Å². The first-order valence-corrected chi connectivity index (χ1v) is 9.00. The maximum absolute atomic E-state index is 12.7. The maximum atomic E-state index is 12.7. The molecule has 3 rings (SSSR count). The quantitative estimate of drug-likeness (QED) is 0.891. The average molecular weight is 343 g/mol. The number of nitrogens with one attached hydrogen (secondary N) is 1. The number of carboxylic acids is 1. The van der Waals surface area contributed by atoms with Crippen molar-refractivity contribution >= 4 is 27.8 Å². The third-order valence-electron chi connectivity index (χ3n) is 4.01. The van der Waals surface area contributed by atoms with Gasteiger partial charge in [-0.25, -0.2) is 13.2 Å². The van der Waals surface area contributed by atoms with Gasteiger partial charge in [0.25, 0.3) is 10.0 Å². The van der Waals surface area contributed by atoms with Gasteiger partial charge in [0.15, 0.2) is 0 Å². The Morgan fingerprint density at radius 3 is 2.62 bits per heavy atom. The third-order valence-corrected chi connectivity index (χ3v) is 5.51. The molecule has 0 aliphatic heterocycles. The number of aryl methyl sites for hydroxylation is 2. The van der Waals surface area contributed by atoms with Crippen LogP contribution in [0.5, 0.6) is 0 Å². The molecule has 2 aromatic rings. The summed E-state index contributed by atoms with van der Waals surface area (Å²) in [6.07, 6.45) is 2.68. The van der Waals surface area contributed by atoms with E-state index in [1.807, 2.05) is 24.3 Å². The number of rotatable bonds is 4. The van der Waals surface area contributed by atoms with Crippen molar-refractivity contribution < 1.29 is 18.3 Å². The van der Waals surface area contributed by atoms with E-state index in [2.05, 4.69) is 4.72 Å². The second kappa shape index (κ2) is 6.13. The van der Waals surface area contributed by atoms with Crippen LogP contribution in [-0.4, -0.2) is 19.5 Å². The molecule has 0 fully saturated rings. The van der Waals surface area contributed by atoms with Gasteiger partial charge >= 0.3 is 5.97 Å². The third kappa shape index (κ3) is 3.19. The molecular formula is C18H17NO4S. The molecule has 0 bridgehead atoms. The monoisotopic (exact) mass is 343 g/mol. The van der Waals surface area contributed by atoms with E-state index in [0.717, 1.165) is 16.7 Å². The van der Waals surface area contributed by atoms with Gasteiger partial charge in [-0.1, -0.05) is 35.9 Å². The number of hydrogen-bond acceptors (Lipinski definition) is 3. The first-order chi connectivity index (χ1) is 11.4. The summed E-state index contributed by atoms with van der Waals surface area (Å²) in [6.45, 7) is 1.76. The summed E-state index contributed by atoms with van der Waals surface area (Å²) in [4.78, 5) is 11.6. The van der Waals surface area contributed by atoms with Gasteiger partial charge in [-0.2, -0.15) is 0 Å². The van der Waals surface area contributed by atoms with E-state index in [0.29, 0.717) is 12.8 Å². The fourth-order valence-electron chi connectivity index (χ4n) is 2.75. The molecule has 0 radical (unpaired) electrons. The number of hydrogen-bond donors (Lipinski definition) is 2. The average Bonchev–Trinajstić information content (AvgIpc) is 2.55. The zero-order valence-corrected chi connectivity index (χ0v) is 13.9. The summed E-state index contributed by atoms with van der Waals surface area (Å²) >= 11 is 0. The Balaban J connectivity index is 1.96. The van der Waals surface area contributed by atoms with Crippen LogP contribution in [0.2, 0.25) is 0 Å². The van der Waals surface area contributed by atoms with Crippen LogP contribution < -0.4 is 4.72 Å². The zero-order valence-electron chi connectivity index (χ0n) is 13.1. The Kier molecular flexibility index (Phi) is 4.15. The highest BCUT2D eigenvalue weighted by Crippen LogP contribution is 2.29. The normalized spacial score (nSPS) is 13.8. The van der Waals surface area contributed by atoms with Crippen molar-refractivity contribution in [1.29, 1.82) is 0 Å². The van der Waals surface area contributed by atoms with Crippen LogP contribution in [-0.2, 0) is 16.4 Å². The molecule has 0 spiro atoms. The molecule has 0 atom stereocenters. The first kappa shape index (κ1) is 16.3. The minimum Gasteiger partial charge on any atom is -0.478 e. The lowest BCUT2D eigenvalue weighted by molar-refractivity contribution is 0.0698. The number of benzene rings is 2. The van der Waals surface area contributed by atoms with Gasteiger partial charge in [0, 0.05) is 0 Å². The first-order valence-electron chi connectivity index (χ1n) is 7.52. The predicted octanol–water partition coefficient (Wildman–Crippen LogP) is 3.42. The maximum Gasteiger partial charge on any atom is 0.337 e. The predicted molar refractivity (Wildman–Crippen MR) is 93.4 cm³/mol. The summed E-state index contributed by atoms with van der Waals surface area (Å²) in [5.74, 6) is -1.17. The minimum atomic E-state index is -3.80. The Labute approximate surface area is 140 Å². The van der Waals surface area contributed by atoms with Crippen LogP contribution in [0.15, 0.2) is 47.4 Å². The van der Waals surface area contributed by atoms with Crippen LogP contribution in [0, 0.1) is 6.92 Å². The molecule has 0 aromatic heterocycles. The fraction of sp³-hybridized carbons (Fsp3) is 0.167. The molecule has 0 heterocycles. The highest BCUT2D eigenvalue weighted by molar-refractivity contribution is 7.96. The summed E-state index contributed by atoms with van der Waals surface area (Å²) in [5, 5.41) is 9.28. The largest absolute Gasteiger partial charge is 0.478 e. The Morgan fingerprint density at radius 2 is 1.88 bits per heavy atom. The molecule has 1 aliphatic carbocycles. The van der Waals surface area contributed by atoms with Crippen LogP contribution in [0.1, 0.15) is 33.5 Å². The topological polar surface area (TPSA) is 83.5 Å². The van der Waals surface area contributed by atoms with E-state index in [1.165, 1.54) is 12.1 Å². The molecule has 24 heavy (non-hydrogen) atoms. The summed E-state index contributed by atoms with van der Waals surface area (Å²) in [6, 6.07) is 12.2. The van der Waals surface area contributed by atoms with Crippen LogP contribution in [0.4, 0.5) is 5.69 Å². The Hall–Kier alpha value is -2.60. The number of anilines is 1. The van der Waals surface area contributed by atoms with E-state index >= 15 is 0 Å². The molecule has 124 valence electrons. The lowest BCUT2D eigenvalue weighted by Gasteiger charge is -2.18. The summed E-state index contributed by atoms with van der Waals surface area (Å²) < 4.78 is 27.7. The van der Waals surface area contributed by atoms with Gasteiger partial charge in [-0.3, -0.25) is 4.72 Å². The molecule has 6 heteroatoms. The molecule has 1 aliphatic rings. The van der Waals surface area contributed by atoms with Crippen molar-refractivity contribution in [3.63, 3.8) is 0 Å². The highest BCUT2D eigenvalue weighted by Gasteiger charge is 2.23. The molecule has 0 saturated heterocycles. The van der Waals surface area contributed by atoms with Crippen molar-refractivity contribution in [3.8, 4) is 0 Å². The van der Waals surface area contributed by atoms with Gasteiger partial charge in [-0.05, 0) is 49.1 Å². The number of sulfonamides is 1. The van der Waals surface area contributed by atoms with E-state index in [-0.39, 0.29) is 16.2 Å². The highest BCUT2D eigenvalue weighted by atomic mass is 32.2. The van der Waals surface area contributed by atoms with Crippen LogP contribution in [0.3, 0.4) is 0 Å². The Bertz CT molecular complexity index is 945. The lowest BCUT2D eigenvalue weighted by Crippen LogP contribution is -2.19. The van der Waals surface area contributed by atoms with Gasteiger partial charge in [0.1, 0.15) is 0 Å². The van der Waals surface area contributed by atoms with Crippen molar-refractivity contribution in [1.82, 2.24) is 0 Å². The van der Waals surface area contributed by atoms with Gasteiger partial charge in [0.05, 0.1) is 16.2 Å². The standard InChI is InChI=1S/C18H17NO4S/c1-12-6-9-17(16(10-12)18(20)21)19-24(22,23)15-8-7-13-4-2-3-5-14(13)11-15/h2-6,9-11,19H,7-8H2,1H3,(H,20,21). The minimum absolute atomic E-state index is 0.0598. The summed E-state index contributed by atoms with van der Waals surface area (Å²) in [7, 11) is -3.80. The number of fused-ring (bicyclic) bond motifs is 1. The molecule has 2 N–H and O–H groups in total. The molecule has 2 aromatic carbocycles. The summed E-state index contributed by atoms with van der Waals surface area (Å²) in [5.41, 5.74) is 2.76. The smallest absolute Gasteiger partial charge is 0.337 e. The molecule has 0 saturated carbocycles. The van der Waals surface area contributed by atoms with Crippen molar-refractivity contribution in [3.05, 3.63) is 69.6 Å². The number of aromatic carboxylic acids is 1.